The molecule has 0 saturated carbocycles. The zero-order valence-corrected chi connectivity index (χ0v) is 5.39. The Kier molecular flexibility index (Phi) is 1.31. The molecular weight excluding hydrogens is 114 g/mol. The molecule has 0 atom stereocenters. The van der Waals surface area contributed by atoms with Gasteiger partial charge in [0.05, 0.1) is 0 Å². The topological polar surface area (TPSA) is 64.1 Å². The highest BCUT2D eigenvalue weighted by molar-refractivity contribution is 5.23. The van der Waals surface area contributed by atoms with Crippen molar-refractivity contribution in [3.05, 3.63) is 23.9 Å². The second-order valence-corrected chi connectivity index (χ2v) is 2.30. The third kappa shape index (κ3) is 1.55. The van der Waals surface area contributed by atoms with Crippen molar-refractivity contribution in [2.45, 2.75) is 12.7 Å². The Morgan fingerprint density at radius 3 is 2.56 bits per heavy atom. The van der Waals surface area contributed by atoms with E-state index in [4.69, 9.17) is 11.5 Å². The molecule has 0 spiro atoms. The van der Waals surface area contributed by atoms with Gasteiger partial charge in [0, 0.05) is 6.20 Å². The molecule has 0 radical (unpaired) electrons. The normalized spacial score (nSPS) is 22.8. The van der Waals surface area contributed by atoms with Crippen LogP contribution in [0.5, 0.6) is 0 Å². The van der Waals surface area contributed by atoms with Gasteiger partial charge in [0.15, 0.2) is 5.79 Å². The summed E-state index contributed by atoms with van der Waals surface area (Å²) in [5.41, 5.74) is 12.1. The summed E-state index contributed by atoms with van der Waals surface area (Å²) in [6, 6.07) is 0. The summed E-state index contributed by atoms with van der Waals surface area (Å²) >= 11 is 0. The molecule has 3 nitrogen and oxygen atoms in total. The van der Waals surface area contributed by atoms with Crippen LogP contribution in [0.4, 0.5) is 0 Å². The first-order valence-corrected chi connectivity index (χ1v) is 2.82. The van der Waals surface area contributed by atoms with Crippen molar-refractivity contribution < 1.29 is 0 Å². The fraction of sp³-hybridized carbons (Fsp3) is 0.333. The highest BCUT2D eigenvalue weighted by atomic mass is 15.2. The molecule has 1 rings (SSSR count). The summed E-state index contributed by atoms with van der Waals surface area (Å²) < 4.78 is 0. The highest BCUT2D eigenvalue weighted by Crippen LogP contribution is 2.02. The van der Waals surface area contributed by atoms with E-state index in [0.29, 0.717) is 0 Å². The van der Waals surface area contributed by atoms with Crippen molar-refractivity contribution in [1.82, 2.24) is 5.32 Å². The molecule has 0 unspecified atom stereocenters. The second-order valence-electron chi connectivity index (χ2n) is 2.30. The molecule has 0 aromatic rings. The van der Waals surface area contributed by atoms with Crippen molar-refractivity contribution >= 4 is 0 Å². The maximum atomic E-state index is 5.48. The SMILES string of the molecule is CC1=CNC(N)(N)C=C1. The molecule has 9 heavy (non-hydrogen) atoms. The zero-order valence-electron chi connectivity index (χ0n) is 5.39. The number of hydrogen-bond acceptors (Lipinski definition) is 3. The standard InChI is InChI=1S/C6H11N3/c1-5-2-3-6(7,8)9-4-5/h2-4,9H,7-8H2,1H3. The summed E-state index contributed by atoms with van der Waals surface area (Å²) in [7, 11) is 0. The van der Waals surface area contributed by atoms with Crippen LogP contribution in [-0.2, 0) is 0 Å². The predicted molar refractivity (Wildman–Crippen MR) is 37.1 cm³/mol. The summed E-state index contributed by atoms with van der Waals surface area (Å²) in [5, 5.41) is 2.81. The highest BCUT2D eigenvalue weighted by Gasteiger charge is 2.13. The minimum Gasteiger partial charge on any atom is -0.358 e. The molecule has 0 bridgehead atoms. The Morgan fingerprint density at radius 1 is 1.56 bits per heavy atom. The van der Waals surface area contributed by atoms with Crippen molar-refractivity contribution in [1.29, 1.82) is 0 Å². The lowest BCUT2D eigenvalue weighted by Crippen LogP contribution is -2.58. The van der Waals surface area contributed by atoms with Gasteiger partial charge in [0.1, 0.15) is 0 Å². The maximum Gasteiger partial charge on any atom is 0.158 e. The smallest absolute Gasteiger partial charge is 0.158 e. The lowest BCUT2D eigenvalue weighted by atomic mass is 10.2. The molecule has 0 aromatic heterocycles. The number of dihydropyridines is 1. The van der Waals surface area contributed by atoms with Crippen LogP contribution < -0.4 is 16.8 Å². The van der Waals surface area contributed by atoms with E-state index < -0.39 is 5.79 Å². The van der Waals surface area contributed by atoms with Crippen LogP contribution in [0.15, 0.2) is 23.9 Å². The molecule has 0 amide bonds. The molecule has 50 valence electrons. The van der Waals surface area contributed by atoms with Crippen molar-refractivity contribution in [2.24, 2.45) is 11.5 Å². The fourth-order valence-corrected chi connectivity index (χ4v) is 0.604. The second kappa shape index (κ2) is 1.86. The van der Waals surface area contributed by atoms with Crippen molar-refractivity contribution in [3.63, 3.8) is 0 Å². The van der Waals surface area contributed by atoms with Gasteiger partial charge in [0.25, 0.3) is 0 Å². The molecule has 3 heteroatoms. The molecule has 0 fully saturated rings. The van der Waals surface area contributed by atoms with Crippen LogP contribution in [0.1, 0.15) is 6.92 Å². The quantitative estimate of drug-likeness (QED) is 0.387. The van der Waals surface area contributed by atoms with E-state index in [2.05, 4.69) is 5.32 Å². The Balaban J connectivity index is 2.70. The third-order valence-corrected chi connectivity index (χ3v) is 1.17. The van der Waals surface area contributed by atoms with E-state index in [1.807, 2.05) is 13.0 Å². The van der Waals surface area contributed by atoms with E-state index in [0.717, 1.165) is 5.57 Å². The Morgan fingerprint density at radius 2 is 2.22 bits per heavy atom. The summed E-state index contributed by atoms with van der Waals surface area (Å²) in [6.07, 6.45) is 5.40. The average Bonchev–Trinajstić information content (AvgIpc) is 1.78. The Labute approximate surface area is 54.4 Å². The van der Waals surface area contributed by atoms with E-state index in [-0.39, 0.29) is 0 Å². The number of rotatable bonds is 0. The Hall–Kier alpha value is -0.800. The van der Waals surface area contributed by atoms with Gasteiger partial charge in [-0.15, -0.1) is 0 Å². The molecule has 5 N–H and O–H groups in total. The van der Waals surface area contributed by atoms with E-state index in [9.17, 15) is 0 Å². The van der Waals surface area contributed by atoms with Crippen molar-refractivity contribution in [2.75, 3.05) is 0 Å². The molecule has 0 aliphatic carbocycles. The monoisotopic (exact) mass is 125 g/mol. The molecule has 1 aliphatic heterocycles. The number of nitrogens with one attached hydrogen (secondary N) is 1. The molecule has 0 saturated heterocycles. The zero-order chi connectivity index (χ0) is 6.91. The largest absolute Gasteiger partial charge is 0.358 e. The van der Waals surface area contributed by atoms with Gasteiger partial charge in [-0.1, -0.05) is 6.08 Å². The van der Waals surface area contributed by atoms with Crippen LogP contribution in [0.3, 0.4) is 0 Å². The van der Waals surface area contributed by atoms with Crippen LogP contribution >= 0.6 is 0 Å². The van der Waals surface area contributed by atoms with Gasteiger partial charge >= 0.3 is 0 Å². The molecular formula is C6H11N3. The predicted octanol–water partition coefficient (Wildman–Crippen LogP) is -0.379. The van der Waals surface area contributed by atoms with Crippen LogP contribution in [0, 0.1) is 0 Å². The van der Waals surface area contributed by atoms with Gasteiger partial charge in [0.2, 0.25) is 0 Å². The first-order valence-electron chi connectivity index (χ1n) is 2.82. The lowest BCUT2D eigenvalue weighted by molar-refractivity contribution is 0.487. The minimum absolute atomic E-state index is 0.848. The van der Waals surface area contributed by atoms with E-state index in [1.165, 1.54) is 0 Å². The lowest BCUT2D eigenvalue weighted by Gasteiger charge is -2.23. The number of hydrogen-bond donors (Lipinski definition) is 3. The van der Waals surface area contributed by atoms with Gasteiger partial charge in [-0.05, 0) is 18.6 Å². The third-order valence-electron chi connectivity index (χ3n) is 1.17. The van der Waals surface area contributed by atoms with Crippen LogP contribution in [0.25, 0.3) is 0 Å². The molecule has 0 aromatic carbocycles. The maximum absolute atomic E-state index is 5.48. The van der Waals surface area contributed by atoms with Gasteiger partial charge in [-0.3, -0.25) is 11.5 Å². The van der Waals surface area contributed by atoms with Gasteiger partial charge in [-0.2, -0.15) is 0 Å². The van der Waals surface area contributed by atoms with E-state index >= 15 is 0 Å². The van der Waals surface area contributed by atoms with E-state index in [1.54, 1.807) is 12.3 Å². The van der Waals surface area contributed by atoms with Gasteiger partial charge < -0.3 is 5.32 Å². The van der Waals surface area contributed by atoms with Gasteiger partial charge in [-0.25, -0.2) is 0 Å². The average molecular weight is 125 g/mol. The first kappa shape index (κ1) is 6.32. The number of allylic oxidation sites excluding steroid dienone is 2. The Bertz CT molecular complexity index is 167. The minimum atomic E-state index is -0.848. The van der Waals surface area contributed by atoms with Crippen molar-refractivity contribution in [3.8, 4) is 0 Å². The van der Waals surface area contributed by atoms with Crippen LogP contribution in [-0.4, -0.2) is 5.79 Å². The fourth-order valence-electron chi connectivity index (χ4n) is 0.604. The summed E-state index contributed by atoms with van der Waals surface area (Å²) in [5.74, 6) is -0.848. The van der Waals surface area contributed by atoms with Crippen LogP contribution in [0.2, 0.25) is 0 Å². The summed E-state index contributed by atoms with van der Waals surface area (Å²) in [4.78, 5) is 0. The summed E-state index contributed by atoms with van der Waals surface area (Å²) in [6.45, 7) is 1.97. The molecule has 1 heterocycles. The number of nitrogens with two attached hydrogens (primary N) is 2. The first-order chi connectivity index (χ1) is 4.10. The molecule has 1 aliphatic rings.